The molecule has 0 aliphatic heterocycles. The molecule has 0 N–H and O–H groups in total. The highest BCUT2D eigenvalue weighted by molar-refractivity contribution is 14.1. The van der Waals surface area contributed by atoms with E-state index in [9.17, 15) is 0 Å². The molecule has 0 saturated carbocycles. The zero-order valence-electron chi connectivity index (χ0n) is 6.86. The van der Waals surface area contributed by atoms with Gasteiger partial charge < -0.3 is 0 Å². The lowest BCUT2D eigenvalue weighted by Gasteiger charge is -1.94. The van der Waals surface area contributed by atoms with Crippen LogP contribution in [0.25, 0.3) is 10.6 Å². The smallest absolute Gasteiger partial charge is 0.178 e. The molecule has 0 atom stereocenters. The molecule has 0 bridgehead atoms. The van der Waals surface area contributed by atoms with Gasteiger partial charge in [-0.2, -0.15) is 0 Å². The minimum atomic E-state index is 0.954. The van der Waals surface area contributed by atoms with E-state index >= 15 is 0 Å². The molecule has 66 valence electrons. The zero-order chi connectivity index (χ0) is 9.26. The van der Waals surface area contributed by atoms with Crippen LogP contribution < -0.4 is 0 Å². The molecule has 2 aromatic heterocycles. The van der Waals surface area contributed by atoms with E-state index < -0.39 is 0 Å². The van der Waals surface area contributed by atoms with Crippen LogP contribution in [0.15, 0.2) is 18.3 Å². The molecule has 0 aliphatic rings. The van der Waals surface area contributed by atoms with Crippen molar-refractivity contribution in [1.82, 2.24) is 15.2 Å². The van der Waals surface area contributed by atoms with Gasteiger partial charge in [-0.15, -0.1) is 10.2 Å². The summed E-state index contributed by atoms with van der Waals surface area (Å²) in [5.74, 6) is 0. The van der Waals surface area contributed by atoms with Gasteiger partial charge in [0.1, 0.15) is 5.01 Å². The second kappa shape index (κ2) is 3.67. The number of halogens is 1. The Bertz CT molecular complexity index is 427. The van der Waals surface area contributed by atoms with Gasteiger partial charge in [-0.3, -0.25) is 4.98 Å². The van der Waals surface area contributed by atoms with Gasteiger partial charge in [0, 0.05) is 17.5 Å². The molecule has 3 nitrogen and oxygen atoms in total. The quantitative estimate of drug-likeness (QED) is 0.760. The van der Waals surface area contributed by atoms with Crippen molar-refractivity contribution in [2.24, 2.45) is 0 Å². The highest BCUT2D eigenvalue weighted by atomic mass is 127. The lowest BCUT2D eigenvalue weighted by molar-refractivity contribution is 1.07. The van der Waals surface area contributed by atoms with Gasteiger partial charge in [0.05, 0.1) is 0 Å². The molecule has 0 spiro atoms. The average Bonchev–Trinajstić information content (AvgIpc) is 2.52. The Morgan fingerprint density at radius 3 is 2.85 bits per heavy atom. The van der Waals surface area contributed by atoms with Crippen molar-refractivity contribution in [2.75, 3.05) is 0 Å². The molecule has 13 heavy (non-hydrogen) atoms. The molecule has 5 heteroatoms. The summed E-state index contributed by atoms with van der Waals surface area (Å²) in [6.07, 6.45) is 1.79. The summed E-state index contributed by atoms with van der Waals surface area (Å²) < 4.78 is 0.960. The Hall–Kier alpha value is -0.560. The van der Waals surface area contributed by atoms with Crippen LogP contribution in [0.2, 0.25) is 0 Å². The third-order valence-corrected chi connectivity index (χ3v) is 3.18. The van der Waals surface area contributed by atoms with Crippen LogP contribution in [0.3, 0.4) is 0 Å². The second-order valence-corrected chi connectivity index (χ2v) is 5.28. The second-order valence-electron chi connectivity index (χ2n) is 2.55. The Balaban J connectivity index is 2.46. The molecular weight excluding hydrogens is 297 g/mol. The first-order chi connectivity index (χ1) is 6.25. The van der Waals surface area contributed by atoms with E-state index in [1.807, 2.05) is 19.1 Å². The van der Waals surface area contributed by atoms with Crippen molar-refractivity contribution < 1.29 is 0 Å². The molecule has 2 aromatic rings. The van der Waals surface area contributed by atoms with E-state index in [4.69, 9.17) is 0 Å². The fourth-order valence-electron chi connectivity index (χ4n) is 1.00. The Morgan fingerprint density at radius 2 is 2.23 bits per heavy atom. The zero-order valence-corrected chi connectivity index (χ0v) is 9.83. The molecule has 0 aromatic carbocycles. The highest BCUT2D eigenvalue weighted by Crippen LogP contribution is 2.23. The van der Waals surface area contributed by atoms with E-state index in [0.29, 0.717) is 0 Å². The summed E-state index contributed by atoms with van der Waals surface area (Å²) >= 11 is 3.75. The Labute approximate surface area is 93.4 Å². The minimum absolute atomic E-state index is 0.954. The predicted molar refractivity (Wildman–Crippen MR) is 60.6 cm³/mol. The first kappa shape index (κ1) is 9.01. The largest absolute Gasteiger partial charge is 0.262 e. The molecule has 2 heterocycles. The fraction of sp³-hybridized carbons (Fsp3) is 0.125. The number of hydrogen-bond acceptors (Lipinski definition) is 4. The number of pyridine rings is 1. The van der Waals surface area contributed by atoms with Gasteiger partial charge in [-0.25, -0.2) is 0 Å². The molecule has 2 rings (SSSR count). The van der Waals surface area contributed by atoms with Crippen LogP contribution in [0.5, 0.6) is 0 Å². The van der Waals surface area contributed by atoms with Gasteiger partial charge in [0.25, 0.3) is 0 Å². The van der Waals surface area contributed by atoms with Crippen LogP contribution in [-0.2, 0) is 0 Å². The summed E-state index contributed by atoms with van der Waals surface area (Å²) in [5, 5.41) is 8.97. The van der Waals surface area contributed by atoms with Crippen molar-refractivity contribution in [3.63, 3.8) is 0 Å². The van der Waals surface area contributed by atoms with E-state index in [1.54, 1.807) is 17.5 Å². The lowest BCUT2D eigenvalue weighted by atomic mass is 10.2. The molecule has 0 fully saturated rings. The van der Waals surface area contributed by atoms with E-state index in [-0.39, 0.29) is 0 Å². The van der Waals surface area contributed by atoms with Crippen molar-refractivity contribution in [3.05, 3.63) is 27.0 Å². The van der Waals surface area contributed by atoms with Gasteiger partial charge in [-0.1, -0.05) is 11.3 Å². The van der Waals surface area contributed by atoms with Crippen molar-refractivity contribution in [2.45, 2.75) is 6.92 Å². The number of aryl methyl sites for hydroxylation is 1. The van der Waals surface area contributed by atoms with E-state index in [1.165, 1.54) is 0 Å². The van der Waals surface area contributed by atoms with E-state index in [2.05, 4.69) is 37.8 Å². The van der Waals surface area contributed by atoms with Crippen molar-refractivity contribution in [1.29, 1.82) is 0 Å². The molecule has 0 saturated heterocycles. The third kappa shape index (κ3) is 2.02. The van der Waals surface area contributed by atoms with Crippen LogP contribution >= 0.6 is 33.9 Å². The van der Waals surface area contributed by atoms with E-state index in [0.717, 1.165) is 19.3 Å². The molecule has 0 aliphatic carbocycles. The number of aromatic nitrogens is 3. The maximum absolute atomic E-state index is 4.13. The number of nitrogens with zero attached hydrogens (tertiary/aromatic N) is 3. The summed E-state index contributed by atoms with van der Waals surface area (Å²) in [7, 11) is 0. The summed E-state index contributed by atoms with van der Waals surface area (Å²) in [4.78, 5) is 4.13. The molecule has 0 unspecified atom stereocenters. The molecular formula is C8H6IN3S. The Morgan fingerprint density at radius 1 is 1.38 bits per heavy atom. The summed E-state index contributed by atoms with van der Waals surface area (Å²) in [5.41, 5.74) is 2.09. The molecule has 0 radical (unpaired) electrons. The minimum Gasteiger partial charge on any atom is -0.262 e. The SMILES string of the molecule is Cc1cc(-c2nnc(I)s2)ccn1. The highest BCUT2D eigenvalue weighted by Gasteiger charge is 2.04. The maximum atomic E-state index is 4.13. The van der Waals surface area contributed by atoms with Gasteiger partial charge in [0.2, 0.25) is 0 Å². The van der Waals surface area contributed by atoms with Crippen molar-refractivity contribution >= 4 is 33.9 Å². The van der Waals surface area contributed by atoms with Crippen LogP contribution in [0.1, 0.15) is 5.69 Å². The standard InChI is InChI=1S/C8H6IN3S/c1-5-4-6(2-3-10-5)7-11-12-8(9)13-7/h2-4H,1H3. The Kier molecular flexibility index (Phi) is 2.54. The fourth-order valence-corrected chi connectivity index (χ4v) is 2.30. The number of rotatable bonds is 1. The number of hydrogen-bond donors (Lipinski definition) is 0. The predicted octanol–water partition coefficient (Wildman–Crippen LogP) is 2.51. The van der Waals surface area contributed by atoms with Gasteiger partial charge in [0.15, 0.2) is 3.01 Å². The topological polar surface area (TPSA) is 38.7 Å². The monoisotopic (exact) mass is 303 g/mol. The normalized spacial score (nSPS) is 10.3. The third-order valence-electron chi connectivity index (χ3n) is 1.54. The van der Waals surface area contributed by atoms with Crippen molar-refractivity contribution in [3.8, 4) is 10.6 Å². The maximum Gasteiger partial charge on any atom is 0.178 e. The summed E-state index contributed by atoms with van der Waals surface area (Å²) in [6, 6.07) is 3.96. The van der Waals surface area contributed by atoms with Crippen LogP contribution in [0, 0.1) is 9.94 Å². The van der Waals surface area contributed by atoms with Crippen LogP contribution in [-0.4, -0.2) is 15.2 Å². The first-order valence-electron chi connectivity index (χ1n) is 3.68. The van der Waals surface area contributed by atoms with Crippen LogP contribution in [0.4, 0.5) is 0 Å². The van der Waals surface area contributed by atoms with Gasteiger partial charge in [-0.05, 0) is 41.6 Å². The van der Waals surface area contributed by atoms with Gasteiger partial charge >= 0.3 is 0 Å². The average molecular weight is 303 g/mol. The lowest BCUT2D eigenvalue weighted by Crippen LogP contribution is -1.81. The first-order valence-corrected chi connectivity index (χ1v) is 5.57. The summed E-state index contributed by atoms with van der Waals surface area (Å²) in [6.45, 7) is 1.97. The molecule has 0 amide bonds.